The summed E-state index contributed by atoms with van der Waals surface area (Å²) in [6.07, 6.45) is 0.00754. The first-order chi connectivity index (χ1) is 8.22. The number of hydrogen-bond donors (Lipinski definition) is 1. The Kier molecular flexibility index (Phi) is 4.38. The van der Waals surface area contributed by atoms with Crippen molar-refractivity contribution in [3.8, 4) is 5.75 Å². The first-order valence-corrected chi connectivity index (χ1v) is 6.37. The molecule has 0 aliphatic rings. The quantitative estimate of drug-likeness (QED) is 0.889. The average Bonchev–Trinajstić information content (AvgIpc) is 2.26. The molecule has 0 amide bonds. The van der Waals surface area contributed by atoms with Gasteiger partial charge in [0.2, 0.25) is 0 Å². The highest BCUT2D eigenvalue weighted by atomic mass is 19.1. The monoisotopic (exact) mass is 253 g/mol. The lowest BCUT2D eigenvalue weighted by Gasteiger charge is -2.38. The van der Waals surface area contributed by atoms with Crippen LogP contribution in [-0.4, -0.2) is 12.6 Å². The predicted octanol–water partition coefficient (Wildman–Crippen LogP) is 3.64. The Labute approximate surface area is 109 Å². The number of benzene rings is 1. The van der Waals surface area contributed by atoms with E-state index in [9.17, 15) is 0 Å². The van der Waals surface area contributed by atoms with Gasteiger partial charge in [0.05, 0.1) is 6.10 Å². The van der Waals surface area contributed by atoms with E-state index in [0.29, 0.717) is 11.3 Å². The molecule has 0 bridgehead atoms. The van der Waals surface area contributed by atoms with Crippen molar-refractivity contribution in [1.82, 2.24) is 0 Å². The second kappa shape index (κ2) is 5.27. The summed E-state index contributed by atoms with van der Waals surface area (Å²) in [6.45, 7) is 9.35. The van der Waals surface area contributed by atoms with E-state index in [1.54, 1.807) is 12.1 Å². The zero-order valence-corrected chi connectivity index (χ0v) is 12.0. The first kappa shape index (κ1) is 15.0. The van der Waals surface area contributed by atoms with Crippen LogP contribution in [0.5, 0.6) is 5.75 Å². The van der Waals surface area contributed by atoms with Crippen LogP contribution in [0.3, 0.4) is 0 Å². The molecule has 2 nitrogen and oxygen atoms in total. The molecule has 0 aliphatic heterocycles. The summed E-state index contributed by atoms with van der Waals surface area (Å²) in [4.78, 5) is 0. The van der Waals surface area contributed by atoms with E-state index in [2.05, 4.69) is 0 Å². The summed E-state index contributed by atoms with van der Waals surface area (Å²) in [5.74, 6) is 0.579. The average molecular weight is 253 g/mol. The molecule has 0 aliphatic carbocycles. The van der Waals surface area contributed by atoms with Gasteiger partial charge in [0.15, 0.2) is 5.67 Å². The zero-order chi connectivity index (χ0) is 14.0. The Bertz CT molecular complexity index is 398. The van der Waals surface area contributed by atoms with E-state index in [0.717, 1.165) is 0 Å². The van der Waals surface area contributed by atoms with Gasteiger partial charge in [-0.25, -0.2) is 4.39 Å². The summed E-state index contributed by atoms with van der Waals surface area (Å²) in [5.41, 5.74) is 4.05. The number of alkyl halides is 1. The molecular formula is C15H24FNO. The van der Waals surface area contributed by atoms with Crippen LogP contribution in [0.2, 0.25) is 0 Å². The highest BCUT2D eigenvalue weighted by Crippen LogP contribution is 2.45. The molecule has 1 unspecified atom stereocenters. The molecule has 3 heteroatoms. The van der Waals surface area contributed by atoms with E-state index in [1.807, 2.05) is 46.8 Å². The molecule has 18 heavy (non-hydrogen) atoms. The molecule has 102 valence electrons. The third kappa shape index (κ3) is 2.83. The van der Waals surface area contributed by atoms with Crippen LogP contribution in [-0.2, 0) is 5.67 Å². The van der Waals surface area contributed by atoms with Gasteiger partial charge in [-0.3, -0.25) is 0 Å². The smallest absolute Gasteiger partial charge is 0.156 e. The first-order valence-electron chi connectivity index (χ1n) is 6.37. The van der Waals surface area contributed by atoms with E-state index < -0.39 is 11.1 Å². The van der Waals surface area contributed by atoms with Crippen molar-refractivity contribution >= 4 is 0 Å². The Balaban J connectivity index is 3.30. The number of para-hydroxylation sites is 1. The minimum Gasteiger partial charge on any atom is -0.491 e. The Morgan fingerprint density at radius 3 is 2.22 bits per heavy atom. The normalized spacial score (nSPS) is 15.6. The van der Waals surface area contributed by atoms with E-state index >= 15 is 4.39 Å². The molecule has 1 aromatic carbocycles. The van der Waals surface area contributed by atoms with Crippen LogP contribution in [0.25, 0.3) is 0 Å². The second-order valence-corrected chi connectivity index (χ2v) is 5.92. The van der Waals surface area contributed by atoms with Gasteiger partial charge in [0.25, 0.3) is 0 Å². The SMILES string of the molecule is CC(C)Oc1ccccc1C(F)(CN)C(C)(C)C. The molecule has 1 atom stereocenters. The van der Waals surface area contributed by atoms with Crippen molar-refractivity contribution < 1.29 is 9.13 Å². The number of rotatable bonds is 4. The molecule has 0 spiro atoms. The minimum absolute atomic E-state index is 0.00754. The van der Waals surface area contributed by atoms with Gasteiger partial charge in [-0.2, -0.15) is 0 Å². The number of nitrogens with two attached hydrogens (primary N) is 1. The molecule has 0 saturated heterocycles. The third-order valence-electron chi connectivity index (χ3n) is 3.15. The lowest BCUT2D eigenvalue weighted by Crippen LogP contribution is -2.42. The van der Waals surface area contributed by atoms with Crippen molar-refractivity contribution in [2.24, 2.45) is 11.1 Å². The van der Waals surface area contributed by atoms with Gasteiger partial charge in [0, 0.05) is 17.5 Å². The number of halogens is 1. The van der Waals surface area contributed by atoms with Crippen LogP contribution in [0.1, 0.15) is 40.2 Å². The van der Waals surface area contributed by atoms with Crippen molar-refractivity contribution in [3.63, 3.8) is 0 Å². The van der Waals surface area contributed by atoms with Crippen LogP contribution in [0.4, 0.5) is 4.39 Å². The molecule has 0 radical (unpaired) electrons. The summed E-state index contributed by atoms with van der Waals surface area (Å²) in [6, 6.07) is 7.22. The summed E-state index contributed by atoms with van der Waals surface area (Å²) in [7, 11) is 0. The Morgan fingerprint density at radius 2 is 1.78 bits per heavy atom. The third-order valence-corrected chi connectivity index (χ3v) is 3.15. The maximum atomic E-state index is 15.3. The fourth-order valence-electron chi connectivity index (χ4n) is 1.97. The Hall–Kier alpha value is -1.09. The maximum absolute atomic E-state index is 15.3. The summed E-state index contributed by atoms with van der Waals surface area (Å²) >= 11 is 0. The molecule has 2 N–H and O–H groups in total. The topological polar surface area (TPSA) is 35.2 Å². The summed E-state index contributed by atoms with van der Waals surface area (Å²) in [5, 5.41) is 0. The van der Waals surface area contributed by atoms with Gasteiger partial charge in [-0.1, -0.05) is 39.0 Å². The van der Waals surface area contributed by atoms with Crippen molar-refractivity contribution in [2.45, 2.75) is 46.4 Å². The fourth-order valence-corrected chi connectivity index (χ4v) is 1.97. The van der Waals surface area contributed by atoms with E-state index in [-0.39, 0.29) is 12.6 Å². The van der Waals surface area contributed by atoms with Gasteiger partial charge >= 0.3 is 0 Å². The van der Waals surface area contributed by atoms with Crippen molar-refractivity contribution in [1.29, 1.82) is 0 Å². The molecular weight excluding hydrogens is 229 g/mol. The second-order valence-electron chi connectivity index (χ2n) is 5.92. The predicted molar refractivity (Wildman–Crippen MR) is 73.5 cm³/mol. The van der Waals surface area contributed by atoms with Crippen LogP contribution < -0.4 is 10.5 Å². The van der Waals surface area contributed by atoms with Gasteiger partial charge in [-0.05, 0) is 19.9 Å². The summed E-state index contributed by atoms with van der Waals surface area (Å²) < 4.78 is 21.0. The van der Waals surface area contributed by atoms with Crippen LogP contribution in [0.15, 0.2) is 24.3 Å². The van der Waals surface area contributed by atoms with Gasteiger partial charge in [0.1, 0.15) is 5.75 Å². The number of ether oxygens (including phenoxy) is 1. The van der Waals surface area contributed by atoms with Gasteiger partial charge in [-0.15, -0.1) is 0 Å². The molecule has 0 saturated carbocycles. The fraction of sp³-hybridized carbons (Fsp3) is 0.600. The largest absolute Gasteiger partial charge is 0.491 e. The highest BCUT2D eigenvalue weighted by Gasteiger charge is 2.44. The van der Waals surface area contributed by atoms with E-state index in [1.165, 1.54) is 0 Å². The lowest BCUT2D eigenvalue weighted by atomic mass is 9.73. The molecule has 0 heterocycles. The number of hydrogen-bond acceptors (Lipinski definition) is 2. The van der Waals surface area contributed by atoms with Crippen LogP contribution >= 0.6 is 0 Å². The standard InChI is InChI=1S/C15H24FNO/c1-11(2)18-13-9-7-6-8-12(13)15(16,10-17)14(3,4)5/h6-9,11H,10,17H2,1-5H3. The van der Waals surface area contributed by atoms with Gasteiger partial charge < -0.3 is 10.5 Å². The molecule has 1 aromatic rings. The minimum atomic E-state index is -1.60. The highest BCUT2D eigenvalue weighted by molar-refractivity contribution is 5.39. The zero-order valence-electron chi connectivity index (χ0n) is 12.0. The molecule has 0 fully saturated rings. The Morgan fingerprint density at radius 1 is 1.22 bits per heavy atom. The molecule has 0 aromatic heterocycles. The van der Waals surface area contributed by atoms with Crippen molar-refractivity contribution in [3.05, 3.63) is 29.8 Å². The van der Waals surface area contributed by atoms with Crippen molar-refractivity contribution in [2.75, 3.05) is 6.54 Å². The maximum Gasteiger partial charge on any atom is 0.156 e. The van der Waals surface area contributed by atoms with E-state index in [4.69, 9.17) is 10.5 Å². The lowest BCUT2D eigenvalue weighted by molar-refractivity contribution is 0.0303. The molecule has 1 rings (SSSR count). The van der Waals surface area contributed by atoms with Crippen LogP contribution in [0, 0.1) is 5.41 Å².